The van der Waals surface area contributed by atoms with E-state index in [0.717, 1.165) is 11.1 Å². The van der Waals surface area contributed by atoms with Crippen molar-refractivity contribution in [3.8, 4) is 0 Å². The minimum Gasteiger partial charge on any atom is -1.00 e. The molecule has 0 amide bonds. The fourth-order valence-corrected chi connectivity index (χ4v) is 5.77. The van der Waals surface area contributed by atoms with Crippen molar-refractivity contribution in [2.75, 3.05) is 0 Å². The Morgan fingerprint density at radius 1 is 0.733 bits per heavy atom. The molecule has 0 aliphatic heterocycles. The first-order valence-corrected chi connectivity index (χ1v) is 16.1. The van der Waals surface area contributed by atoms with E-state index in [-0.39, 0.29) is 24.8 Å². The van der Waals surface area contributed by atoms with E-state index >= 15 is 0 Å². The van der Waals surface area contributed by atoms with Gasteiger partial charge in [-0.25, -0.2) is 6.08 Å². The van der Waals surface area contributed by atoms with E-state index in [1.807, 2.05) is 12.2 Å². The van der Waals surface area contributed by atoms with E-state index in [4.69, 9.17) is 0 Å². The molecule has 0 aromatic heterocycles. The van der Waals surface area contributed by atoms with E-state index in [2.05, 4.69) is 164 Å². The van der Waals surface area contributed by atoms with Crippen LogP contribution in [-0.4, -0.2) is 3.21 Å². The topological polar surface area (TPSA) is 0 Å². The monoisotopic (exact) mass is 706 g/mol. The molecule has 5 aromatic carbocycles. The van der Waals surface area contributed by atoms with Crippen molar-refractivity contribution < 1.29 is 49.0 Å². The summed E-state index contributed by atoms with van der Waals surface area (Å²) in [6, 6.07) is 32.6. The Hall–Kier alpha value is -2.96. The fourth-order valence-electron chi connectivity index (χ4n) is 4.95. The molecule has 0 radical (unpaired) electrons. The average molecular weight is 709 g/mol. The number of rotatable bonds is 4. The molecule has 0 heterocycles. The van der Waals surface area contributed by atoms with E-state index in [9.17, 15) is 0 Å². The van der Waals surface area contributed by atoms with Crippen LogP contribution in [0.15, 0.2) is 122 Å². The zero-order chi connectivity index (χ0) is 31.1. The maximum Gasteiger partial charge on any atom is -1.00 e. The molecule has 1 unspecified atom stereocenters. The van der Waals surface area contributed by atoms with Crippen molar-refractivity contribution in [3.05, 3.63) is 161 Å². The molecule has 0 N–H and O–H groups in total. The Bertz CT molecular complexity index is 1700. The summed E-state index contributed by atoms with van der Waals surface area (Å²) < 4.78 is 1.42. The van der Waals surface area contributed by atoms with Gasteiger partial charge >= 0.3 is 112 Å². The van der Waals surface area contributed by atoms with E-state index < -0.39 is 0 Å². The summed E-state index contributed by atoms with van der Waals surface area (Å²) >= 11 is 1.46. The molecule has 6 rings (SSSR count). The molecule has 3 heteroatoms. The Morgan fingerprint density at radius 3 is 1.47 bits per heavy atom. The normalized spacial score (nSPS) is 13.3. The number of hydrogen-bond acceptors (Lipinski definition) is 0. The number of allylic oxidation sites excluding steroid dienone is 4. The van der Waals surface area contributed by atoms with Crippen LogP contribution in [0.25, 0.3) is 33.7 Å². The average Bonchev–Trinajstić information content (AvgIpc) is 3.61. The van der Waals surface area contributed by atoms with E-state index in [1.165, 1.54) is 76.8 Å². The van der Waals surface area contributed by atoms with Crippen LogP contribution in [-0.2, 0) is 24.2 Å². The summed E-state index contributed by atoms with van der Waals surface area (Å²) in [4.78, 5) is 0. The number of fused-ring (bicyclic) bond motifs is 3. The van der Waals surface area contributed by atoms with Crippen molar-refractivity contribution in [1.82, 2.24) is 0 Å². The summed E-state index contributed by atoms with van der Waals surface area (Å²) in [5.41, 5.74) is 9.36. The molecular formula is C42H42Cl2Zr-2. The molecule has 1 atom stereocenters. The third kappa shape index (κ3) is 10.3. The zero-order valence-electron chi connectivity index (χ0n) is 27.2. The predicted octanol–water partition coefficient (Wildman–Crippen LogP) is 5.39. The Labute approximate surface area is 298 Å². The van der Waals surface area contributed by atoms with Gasteiger partial charge in [0.15, 0.2) is 0 Å². The van der Waals surface area contributed by atoms with Crippen LogP contribution in [0, 0.1) is 31.3 Å². The Balaban J connectivity index is 0.000000238. The van der Waals surface area contributed by atoms with Crippen molar-refractivity contribution in [3.63, 3.8) is 0 Å². The molecule has 1 aliphatic rings. The Kier molecular flexibility index (Phi) is 14.5. The molecule has 0 spiro atoms. The van der Waals surface area contributed by atoms with Gasteiger partial charge in [-0.2, -0.15) is 11.6 Å². The zero-order valence-corrected chi connectivity index (χ0v) is 31.2. The molecule has 0 nitrogen and oxygen atoms in total. The molecule has 1 aliphatic carbocycles. The van der Waals surface area contributed by atoms with Crippen molar-refractivity contribution in [1.29, 1.82) is 0 Å². The van der Waals surface area contributed by atoms with E-state index in [0.29, 0.717) is 11.3 Å². The third-order valence-electron chi connectivity index (χ3n) is 7.71. The first kappa shape index (κ1) is 38.2. The van der Waals surface area contributed by atoms with Gasteiger partial charge in [-0.1, -0.05) is 88.6 Å². The molecule has 5 aromatic rings. The van der Waals surface area contributed by atoms with Gasteiger partial charge in [-0.05, 0) is 11.1 Å². The standard InChI is InChI=1S/C17H13.C15H14.C10H15.2ClH.Zr/c1-3-12-5-7-14-11-15-8-6-13(4-2)10-17(15)16(14)9-12;1-12-3-7-14(8-4-12)11-15-9-5-13(2)6-10-15;1-8-5-6-9(7-8)10(2,3)4;;;/h3-11H,1-2H2;3-10H,1-2H3;6-8H,1-4H3;2*1H;/q-1;;-1;;;+2/p-2. The first-order valence-electron chi connectivity index (χ1n) is 14.9. The van der Waals surface area contributed by atoms with E-state index in [1.54, 1.807) is 0 Å². The molecule has 45 heavy (non-hydrogen) atoms. The van der Waals surface area contributed by atoms with Gasteiger partial charge in [0, 0.05) is 0 Å². The molecule has 230 valence electrons. The van der Waals surface area contributed by atoms with Crippen LogP contribution < -0.4 is 24.8 Å². The SMILES string of the molecule is C=Cc1ccc2[cH-]c3ccc(C=C)cc3c2c1.CC1[C-]=CC(C(C)(C)C)=C1.Cc1ccc([C](=[Zr+2])c2ccc(C)cc2)cc1.[Cl-].[Cl-]. The number of halogens is 2. The molecule has 0 bridgehead atoms. The first-order chi connectivity index (χ1) is 20.5. The predicted molar refractivity (Wildman–Crippen MR) is 187 cm³/mol. The molecule has 0 fully saturated rings. The molecule has 0 saturated carbocycles. The second kappa shape index (κ2) is 17.1. The minimum atomic E-state index is 0. The van der Waals surface area contributed by atoms with Gasteiger partial charge < -0.3 is 24.8 Å². The van der Waals surface area contributed by atoms with Crippen LogP contribution in [0.2, 0.25) is 0 Å². The quantitative estimate of drug-likeness (QED) is 0.220. The smallest absolute Gasteiger partial charge is 1.00 e. The van der Waals surface area contributed by atoms with Crippen LogP contribution in [0.5, 0.6) is 0 Å². The maximum atomic E-state index is 3.82. The summed E-state index contributed by atoms with van der Waals surface area (Å²) in [5, 5.41) is 5.15. The van der Waals surface area contributed by atoms with Crippen LogP contribution in [0.1, 0.15) is 61.1 Å². The summed E-state index contributed by atoms with van der Waals surface area (Å²) in [5.74, 6) is 0.522. The van der Waals surface area contributed by atoms with Crippen molar-refractivity contribution in [2.24, 2.45) is 11.3 Å². The van der Waals surface area contributed by atoms with Gasteiger partial charge in [-0.3, -0.25) is 6.08 Å². The molecular weight excluding hydrogens is 667 g/mol. The molecule has 0 saturated heterocycles. The summed E-state index contributed by atoms with van der Waals surface area (Å²) in [7, 11) is 0. The Morgan fingerprint density at radius 2 is 1.16 bits per heavy atom. The second-order valence-corrected chi connectivity index (χ2v) is 13.6. The maximum absolute atomic E-state index is 3.82. The van der Waals surface area contributed by atoms with Crippen LogP contribution >= 0.6 is 0 Å². The van der Waals surface area contributed by atoms with Crippen molar-refractivity contribution in [2.45, 2.75) is 41.5 Å². The minimum absolute atomic E-state index is 0. The largest absolute Gasteiger partial charge is 1.00 e. The number of aryl methyl sites for hydroxylation is 2. The summed E-state index contributed by atoms with van der Waals surface area (Å²) in [6.45, 7) is 20.7. The van der Waals surface area contributed by atoms with Gasteiger partial charge in [-0.15, -0.1) is 39.7 Å². The van der Waals surface area contributed by atoms with Crippen LogP contribution in [0.4, 0.5) is 0 Å². The number of hydrogen-bond donors (Lipinski definition) is 0. The van der Waals surface area contributed by atoms with Gasteiger partial charge in [0.25, 0.3) is 0 Å². The van der Waals surface area contributed by atoms with Crippen LogP contribution in [0.3, 0.4) is 0 Å². The van der Waals surface area contributed by atoms with Gasteiger partial charge in [0.05, 0.1) is 0 Å². The van der Waals surface area contributed by atoms with Gasteiger partial charge in [0.2, 0.25) is 0 Å². The summed E-state index contributed by atoms with van der Waals surface area (Å²) in [6.07, 6.45) is 11.4. The number of benzene rings is 4. The van der Waals surface area contributed by atoms with Crippen molar-refractivity contribution >= 4 is 36.9 Å². The fraction of sp³-hybridized carbons (Fsp3) is 0.190. The van der Waals surface area contributed by atoms with Gasteiger partial charge in [0.1, 0.15) is 0 Å². The third-order valence-corrected chi connectivity index (χ3v) is 9.12. The second-order valence-electron chi connectivity index (χ2n) is 12.3.